The Morgan fingerprint density at radius 2 is 0.958 bits per heavy atom. The summed E-state index contributed by atoms with van der Waals surface area (Å²) in [5, 5.41) is 9.23. The standard InChI is InChI=1S/C28H28F6N8O4S2/c1-13(43)39-17-7-15(27(29,30)31)9-19(23(17)47-5-3-35)41-25(45)21-11-22(38-12-37-21)26(46)42-20-10-16(28(32,33)34)8-18(40-14(2)44)24(20)48-6-4-36/h7-12H,3-6,35-36H2,1-2H3,(H,39,43)(H,40,44)(H,41,45)(H,42,46). The van der Waals surface area contributed by atoms with Crippen LogP contribution in [0.15, 0.2) is 46.5 Å². The fourth-order valence-corrected chi connectivity index (χ4v) is 5.65. The van der Waals surface area contributed by atoms with Crippen molar-refractivity contribution in [2.75, 3.05) is 45.9 Å². The molecule has 8 N–H and O–H groups in total. The summed E-state index contributed by atoms with van der Waals surface area (Å²) in [6, 6.07) is 3.58. The van der Waals surface area contributed by atoms with Gasteiger partial charge in [0.1, 0.15) is 17.7 Å². The van der Waals surface area contributed by atoms with Gasteiger partial charge >= 0.3 is 12.4 Å². The van der Waals surface area contributed by atoms with E-state index < -0.39 is 58.5 Å². The lowest BCUT2D eigenvalue weighted by molar-refractivity contribution is -0.138. The Balaban J connectivity index is 2.02. The molecule has 2 aromatic carbocycles. The first-order valence-electron chi connectivity index (χ1n) is 13.6. The molecular formula is C28H28F6N8O4S2. The van der Waals surface area contributed by atoms with Crippen LogP contribution in [0, 0.1) is 0 Å². The Morgan fingerprint density at radius 1 is 0.625 bits per heavy atom. The molecule has 0 fully saturated rings. The number of anilines is 4. The zero-order valence-electron chi connectivity index (χ0n) is 25.1. The summed E-state index contributed by atoms with van der Waals surface area (Å²) >= 11 is 1.92. The van der Waals surface area contributed by atoms with E-state index in [4.69, 9.17) is 11.5 Å². The monoisotopic (exact) mass is 718 g/mol. The number of nitrogens with zero attached hydrogens (tertiary/aromatic N) is 2. The minimum absolute atomic E-state index is 0.0612. The first kappa shape index (κ1) is 38.1. The molecule has 0 aliphatic heterocycles. The van der Waals surface area contributed by atoms with Crippen molar-refractivity contribution in [3.05, 3.63) is 59.2 Å². The van der Waals surface area contributed by atoms with Crippen molar-refractivity contribution >= 4 is 69.9 Å². The number of halogens is 6. The topological polar surface area (TPSA) is 194 Å². The molecule has 0 bridgehead atoms. The molecule has 0 saturated heterocycles. The molecule has 3 rings (SSSR count). The normalized spacial score (nSPS) is 11.5. The molecule has 3 aromatic rings. The lowest BCUT2D eigenvalue weighted by atomic mass is 10.1. The largest absolute Gasteiger partial charge is 0.416 e. The van der Waals surface area contributed by atoms with E-state index in [1.54, 1.807) is 0 Å². The maximum atomic E-state index is 13.7. The van der Waals surface area contributed by atoms with Gasteiger partial charge in [0, 0.05) is 44.5 Å². The average molecular weight is 719 g/mol. The Bertz CT molecular complexity index is 1590. The van der Waals surface area contributed by atoms with E-state index >= 15 is 0 Å². The van der Waals surface area contributed by atoms with Crippen LogP contribution in [0.1, 0.15) is 46.0 Å². The van der Waals surface area contributed by atoms with E-state index in [0.29, 0.717) is 24.3 Å². The molecule has 0 saturated carbocycles. The highest BCUT2D eigenvalue weighted by Crippen LogP contribution is 2.42. The summed E-state index contributed by atoms with van der Waals surface area (Å²) in [6.07, 6.45) is -8.94. The second kappa shape index (κ2) is 16.1. The lowest BCUT2D eigenvalue weighted by Gasteiger charge is -2.19. The molecule has 0 unspecified atom stereocenters. The second-order valence-corrected chi connectivity index (χ2v) is 11.8. The van der Waals surface area contributed by atoms with Gasteiger partial charge in [0.2, 0.25) is 11.8 Å². The molecule has 0 atom stereocenters. The van der Waals surface area contributed by atoms with Crippen molar-refractivity contribution in [3.63, 3.8) is 0 Å². The number of rotatable bonds is 12. The Labute approximate surface area is 277 Å². The summed E-state index contributed by atoms with van der Waals surface area (Å²) in [6.45, 7) is 2.38. The predicted octanol–water partition coefficient (Wildman–Crippen LogP) is 5.04. The summed E-state index contributed by atoms with van der Waals surface area (Å²) < 4.78 is 82.3. The van der Waals surface area contributed by atoms with E-state index in [-0.39, 0.29) is 57.1 Å². The number of thioether (sulfide) groups is 2. The first-order chi connectivity index (χ1) is 22.4. The number of carbonyl (C=O) groups excluding carboxylic acids is 4. The summed E-state index contributed by atoms with van der Waals surface area (Å²) in [5.74, 6) is -3.13. The van der Waals surface area contributed by atoms with E-state index in [1.807, 2.05) is 0 Å². The summed E-state index contributed by atoms with van der Waals surface area (Å²) in [4.78, 5) is 57.6. The highest BCUT2D eigenvalue weighted by atomic mass is 32.2. The molecule has 4 amide bonds. The molecule has 0 aliphatic rings. The van der Waals surface area contributed by atoms with Crippen molar-refractivity contribution in [2.45, 2.75) is 36.0 Å². The highest BCUT2D eigenvalue weighted by molar-refractivity contribution is 7.99. The SMILES string of the molecule is CC(=O)Nc1cc(C(F)(F)F)cc(NC(=O)c2cc(C(=O)Nc3cc(C(F)(F)F)cc(NC(C)=O)c3SCCN)ncn2)c1SCCN. The van der Waals surface area contributed by atoms with Crippen LogP contribution >= 0.6 is 23.5 Å². The fourth-order valence-electron chi connectivity index (χ4n) is 3.95. The Kier molecular flexibility index (Phi) is 12.8. The molecule has 20 heteroatoms. The molecule has 48 heavy (non-hydrogen) atoms. The van der Waals surface area contributed by atoms with Crippen molar-refractivity contribution in [2.24, 2.45) is 11.5 Å². The molecule has 0 radical (unpaired) electrons. The zero-order chi connectivity index (χ0) is 35.8. The number of aromatic nitrogens is 2. The van der Waals surface area contributed by atoms with Gasteiger partial charge in [0.05, 0.1) is 43.7 Å². The van der Waals surface area contributed by atoms with Crippen LogP contribution in [-0.2, 0) is 21.9 Å². The fraction of sp³-hybridized carbons (Fsp3) is 0.286. The minimum atomic E-state index is -4.87. The Hall–Kier alpha value is -4.40. The third kappa shape index (κ3) is 10.3. The summed E-state index contributed by atoms with van der Waals surface area (Å²) in [7, 11) is 0. The maximum Gasteiger partial charge on any atom is 0.416 e. The van der Waals surface area contributed by atoms with Crippen molar-refractivity contribution in [3.8, 4) is 0 Å². The van der Waals surface area contributed by atoms with Gasteiger partial charge < -0.3 is 32.7 Å². The molecule has 0 aliphatic carbocycles. The third-order valence-electron chi connectivity index (χ3n) is 5.81. The first-order valence-corrected chi connectivity index (χ1v) is 15.6. The second-order valence-electron chi connectivity index (χ2n) is 9.63. The van der Waals surface area contributed by atoms with Gasteiger partial charge in [-0.15, -0.1) is 23.5 Å². The van der Waals surface area contributed by atoms with Crippen LogP contribution in [0.4, 0.5) is 49.1 Å². The third-order valence-corrected chi connectivity index (χ3v) is 8.15. The van der Waals surface area contributed by atoms with Gasteiger partial charge in [0.25, 0.3) is 11.8 Å². The van der Waals surface area contributed by atoms with Crippen LogP contribution in [0.2, 0.25) is 0 Å². The van der Waals surface area contributed by atoms with Gasteiger partial charge in [-0.2, -0.15) is 26.3 Å². The van der Waals surface area contributed by atoms with Crippen LogP contribution in [0.5, 0.6) is 0 Å². The number of alkyl halides is 6. The Morgan fingerprint density at radius 3 is 1.25 bits per heavy atom. The van der Waals surface area contributed by atoms with E-state index in [9.17, 15) is 45.5 Å². The molecule has 12 nitrogen and oxygen atoms in total. The predicted molar refractivity (Wildman–Crippen MR) is 169 cm³/mol. The van der Waals surface area contributed by atoms with Crippen LogP contribution in [0.3, 0.4) is 0 Å². The highest BCUT2D eigenvalue weighted by Gasteiger charge is 2.34. The number of hydrogen-bond acceptors (Lipinski definition) is 10. The van der Waals surface area contributed by atoms with Gasteiger partial charge in [-0.05, 0) is 24.3 Å². The number of benzene rings is 2. The summed E-state index contributed by atoms with van der Waals surface area (Å²) in [5.41, 5.74) is 6.55. The maximum absolute atomic E-state index is 13.7. The van der Waals surface area contributed by atoms with E-state index in [2.05, 4.69) is 31.2 Å². The van der Waals surface area contributed by atoms with Crippen LogP contribution in [0.25, 0.3) is 0 Å². The van der Waals surface area contributed by atoms with Crippen molar-refractivity contribution < 1.29 is 45.5 Å². The zero-order valence-corrected chi connectivity index (χ0v) is 26.7. The number of amides is 4. The number of carbonyl (C=O) groups is 4. The molecule has 1 aromatic heterocycles. The number of nitrogens with one attached hydrogen (secondary N) is 4. The van der Waals surface area contributed by atoms with Crippen molar-refractivity contribution in [1.82, 2.24) is 9.97 Å². The average Bonchev–Trinajstić information content (AvgIpc) is 2.98. The number of nitrogens with two attached hydrogens (primary N) is 2. The number of hydrogen-bond donors (Lipinski definition) is 6. The molecule has 258 valence electrons. The molecule has 0 spiro atoms. The molecule has 1 heterocycles. The van der Waals surface area contributed by atoms with Crippen LogP contribution < -0.4 is 32.7 Å². The van der Waals surface area contributed by atoms with Gasteiger partial charge in [-0.1, -0.05) is 0 Å². The van der Waals surface area contributed by atoms with E-state index in [0.717, 1.165) is 49.8 Å². The van der Waals surface area contributed by atoms with Crippen molar-refractivity contribution in [1.29, 1.82) is 0 Å². The quantitative estimate of drug-likeness (QED) is 0.109. The lowest BCUT2D eigenvalue weighted by Crippen LogP contribution is -2.20. The van der Waals surface area contributed by atoms with Gasteiger partial charge in [0.15, 0.2) is 0 Å². The van der Waals surface area contributed by atoms with Crippen LogP contribution in [-0.4, -0.2) is 58.2 Å². The van der Waals surface area contributed by atoms with E-state index in [1.165, 1.54) is 0 Å². The van der Waals surface area contributed by atoms with Gasteiger partial charge in [-0.25, -0.2) is 9.97 Å². The van der Waals surface area contributed by atoms with Gasteiger partial charge in [-0.3, -0.25) is 19.2 Å². The smallest absolute Gasteiger partial charge is 0.330 e. The molecular weight excluding hydrogens is 690 g/mol. The minimum Gasteiger partial charge on any atom is -0.330 e.